The molecule has 0 spiro atoms. The van der Waals surface area contributed by atoms with E-state index in [9.17, 15) is 9.59 Å². The highest BCUT2D eigenvalue weighted by Gasteiger charge is 2.12. The Bertz CT molecular complexity index is 905. The van der Waals surface area contributed by atoms with E-state index >= 15 is 0 Å². The van der Waals surface area contributed by atoms with Gasteiger partial charge in [-0.3, -0.25) is 9.59 Å². The fourth-order valence-electron chi connectivity index (χ4n) is 2.28. The smallest absolute Gasteiger partial charge is 0.249 e. The number of anilines is 1. The minimum atomic E-state index is -0.518. The summed E-state index contributed by atoms with van der Waals surface area (Å²) in [5.41, 5.74) is 3.68. The van der Waals surface area contributed by atoms with Crippen molar-refractivity contribution in [2.45, 2.75) is 19.8 Å². The van der Waals surface area contributed by atoms with Crippen LogP contribution in [0.3, 0.4) is 0 Å². The third kappa shape index (κ3) is 7.32. The molecule has 0 heterocycles. The van der Waals surface area contributed by atoms with Gasteiger partial charge >= 0.3 is 0 Å². The summed E-state index contributed by atoms with van der Waals surface area (Å²) in [6.07, 6.45) is 2.03. The predicted molar refractivity (Wildman–Crippen MR) is 125 cm³/mol. The minimum Gasteiger partial charge on any atom is -0.493 e. The second kappa shape index (κ2) is 11.8. The molecular formula is C20H21BrIN3O4. The van der Waals surface area contributed by atoms with Gasteiger partial charge in [-0.2, -0.15) is 5.10 Å². The van der Waals surface area contributed by atoms with E-state index in [1.165, 1.54) is 6.21 Å². The SMILES string of the molecule is CCCOc1c(I)cc(C=NNC(=O)CC(=O)Nc2ccccc2Br)cc1OC. The number of hydrazone groups is 1. The predicted octanol–water partition coefficient (Wildman–Crippen LogP) is 4.33. The number of nitrogens with zero attached hydrogens (tertiary/aromatic N) is 1. The number of hydrogen-bond donors (Lipinski definition) is 2. The molecule has 0 aliphatic carbocycles. The van der Waals surface area contributed by atoms with E-state index in [2.05, 4.69) is 54.4 Å². The normalized spacial score (nSPS) is 10.6. The van der Waals surface area contributed by atoms with Crippen LogP contribution in [0.5, 0.6) is 11.5 Å². The number of rotatable bonds is 9. The van der Waals surface area contributed by atoms with Crippen LogP contribution in [0.15, 0.2) is 46.0 Å². The van der Waals surface area contributed by atoms with Gasteiger partial charge in [-0.1, -0.05) is 19.1 Å². The molecule has 2 aromatic rings. The molecule has 0 saturated carbocycles. The molecule has 0 saturated heterocycles. The third-order valence-corrected chi connectivity index (χ3v) is 5.07. The lowest BCUT2D eigenvalue weighted by atomic mass is 10.2. The number of halogens is 2. The molecule has 2 aromatic carbocycles. The van der Waals surface area contributed by atoms with Gasteiger partial charge in [0.1, 0.15) is 6.42 Å². The second-order valence-electron chi connectivity index (χ2n) is 5.88. The maximum atomic E-state index is 12.0. The van der Waals surface area contributed by atoms with E-state index in [1.54, 1.807) is 31.4 Å². The number of nitrogens with one attached hydrogen (secondary N) is 2. The van der Waals surface area contributed by atoms with Crippen LogP contribution in [0.1, 0.15) is 25.3 Å². The highest BCUT2D eigenvalue weighted by molar-refractivity contribution is 14.1. The number of amides is 2. The van der Waals surface area contributed by atoms with Gasteiger partial charge in [-0.25, -0.2) is 5.43 Å². The Balaban J connectivity index is 1.93. The highest BCUT2D eigenvalue weighted by Crippen LogP contribution is 2.33. The number of para-hydroxylation sites is 1. The molecule has 0 unspecified atom stereocenters. The fraction of sp³-hybridized carbons (Fsp3) is 0.250. The van der Waals surface area contributed by atoms with E-state index in [0.717, 1.165) is 20.0 Å². The van der Waals surface area contributed by atoms with Crippen molar-refractivity contribution in [1.82, 2.24) is 5.43 Å². The Hall–Kier alpha value is -2.14. The molecule has 0 radical (unpaired) electrons. The summed E-state index contributed by atoms with van der Waals surface area (Å²) in [7, 11) is 1.57. The van der Waals surface area contributed by atoms with E-state index in [1.807, 2.05) is 19.1 Å². The van der Waals surface area contributed by atoms with Crippen molar-refractivity contribution in [3.8, 4) is 11.5 Å². The molecule has 0 bridgehead atoms. The second-order valence-corrected chi connectivity index (χ2v) is 7.90. The van der Waals surface area contributed by atoms with Gasteiger partial charge in [-0.15, -0.1) is 0 Å². The maximum absolute atomic E-state index is 12.0. The number of carbonyl (C=O) groups is 2. The summed E-state index contributed by atoms with van der Waals surface area (Å²) >= 11 is 5.49. The Morgan fingerprint density at radius 1 is 1.24 bits per heavy atom. The molecule has 9 heteroatoms. The Kier molecular flexibility index (Phi) is 9.39. The summed E-state index contributed by atoms with van der Waals surface area (Å²) < 4.78 is 12.7. The Morgan fingerprint density at radius 3 is 2.69 bits per heavy atom. The molecule has 2 amide bonds. The number of hydrogen-bond acceptors (Lipinski definition) is 5. The van der Waals surface area contributed by atoms with E-state index < -0.39 is 11.8 Å². The number of carbonyl (C=O) groups excluding carboxylic acids is 2. The molecular weight excluding hydrogens is 553 g/mol. The number of methoxy groups -OCH3 is 1. The van der Waals surface area contributed by atoms with Crippen molar-refractivity contribution in [3.63, 3.8) is 0 Å². The monoisotopic (exact) mass is 573 g/mol. The van der Waals surface area contributed by atoms with Crippen molar-refractivity contribution in [2.24, 2.45) is 5.10 Å². The Morgan fingerprint density at radius 2 is 2.00 bits per heavy atom. The van der Waals surface area contributed by atoms with Crippen LogP contribution in [0.4, 0.5) is 5.69 Å². The molecule has 0 aliphatic rings. The van der Waals surface area contributed by atoms with Crippen LogP contribution in [0, 0.1) is 3.57 Å². The number of ether oxygens (including phenoxy) is 2. The topological polar surface area (TPSA) is 89.0 Å². The zero-order valence-electron chi connectivity index (χ0n) is 16.0. The average molecular weight is 574 g/mol. The summed E-state index contributed by atoms with van der Waals surface area (Å²) in [6, 6.07) is 10.8. The van der Waals surface area contributed by atoms with Crippen molar-refractivity contribution in [3.05, 3.63) is 50.0 Å². The summed E-state index contributed by atoms with van der Waals surface area (Å²) in [4.78, 5) is 23.9. The molecule has 0 fully saturated rings. The first-order valence-electron chi connectivity index (χ1n) is 8.81. The first-order chi connectivity index (χ1) is 13.9. The zero-order valence-corrected chi connectivity index (χ0v) is 19.7. The first kappa shape index (κ1) is 23.1. The van der Waals surface area contributed by atoms with Crippen LogP contribution >= 0.6 is 38.5 Å². The van der Waals surface area contributed by atoms with E-state index in [-0.39, 0.29) is 6.42 Å². The van der Waals surface area contributed by atoms with E-state index in [4.69, 9.17) is 9.47 Å². The summed E-state index contributed by atoms with van der Waals surface area (Å²) in [5.74, 6) is 0.319. The van der Waals surface area contributed by atoms with Crippen molar-refractivity contribution in [1.29, 1.82) is 0 Å². The minimum absolute atomic E-state index is 0.344. The number of benzene rings is 2. The largest absolute Gasteiger partial charge is 0.493 e. The van der Waals surface area contributed by atoms with Crippen LogP contribution in [-0.2, 0) is 9.59 Å². The lowest BCUT2D eigenvalue weighted by Gasteiger charge is -2.12. The van der Waals surface area contributed by atoms with Gasteiger partial charge in [-0.05, 0) is 74.8 Å². The molecule has 2 N–H and O–H groups in total. The van der Waals surface area contributed by atoms with Gasteiger partial charge in [0.2, 0.25) is 11.8 Å². The molecule has 2 rings (SSSR count). The molecule has 7 nitrogen and oxygen atoms in total. The maximum Gasteiger partial charge on any atom is 0.249 e. The molecule has 154 valence electrons. The summed E-state index contributed by atoms with van der Waals surface area (Å²) in [5, 5.41) is 6.58. The molecule has 0 atom stereocenters. The zero-order chi connectivity index (χ0) is 21.2. The quantitative estimate of drug-likeness (QED) is 0.202. The van der Waals surface area contributed by atoms with Crippen LogP contribution in [0.25, 0.3) is 0 Å². The highest BCUT2D eigenvalue weighted by atomic mass is 127. The van der Waals surface area contributed by atoms with Gasteiger partial charge in [0, 0.05) is 4.47 Å². The van der Waals surface area contributed by atoms with Gasteiger partial charge in [0.25, 0.3) is 0 Å². The third-order valence-electron chi connectivity index (χ3n) is 3.57. The molecule has 0 aromatic heterocycles. The molecule has 0 aliphatic heterocycles. The van der Waals surface area contributed by atoms with Crippen LogP contribution in [0.2, 0.25) is 0 Å². The lowest BCUT2D eigenvalue weighted by Crippen LogP contribution is -2.24. The Labute approximate surface area is 191 Å². The molecule has 29 heavy (non-hydrogen) atoms. The standard InChI is InChI=1S/C20H21BrIN3O4/c1-3-8-29-20-15(22)9-13(10-17(20)28-2)12-23-25-19(27)11-18(26)24-16-7-5-4-6-14(16)21/h4-7,9-10,12H,3,8,11H2,1-2H3,(H,24,26)(H,25,27). The summed E-state index contributed by atoms with van der Waals surface area (Å²) in [6.45, 7) is 2.62. The van der Waals surface area contributed by atoms with Crippen molar-refractivity contribution < 1.29 is 19.1 Å². The lowest BCUT2D eigenvalue weighted by molar-refractivity contribution is -0.126. The van der Waals surface area contributed by atoms with Gasteiger partial charge in [0.05, 0.1) is 29.2 Å². The van der Waals surface area contributed by atoms with Gasteiger partial charge < -0.3 is 14.8 Å². The van der Waals surface area contributed by atoms with Crippen LogP contribution in [-0.4, -0.2) is 31.7 Å². The van der Waals surface area contributed by atoms with Gasteiger partial charge in [0.15, 0.2) is 11.5 Å². The van der Waals surface area contributed by atoms with Crippen molar-refractivity contribution in [2.75, 3.05) is 19.0 Å². The first-order valence-corrected chi connectivity index (χ1v) is 10.7. The van der Waals surface area contributed by atoms with Crippen LogP contribution < -0.4 is 20.2 Å². The van der Waals surface area contributed by atoms with E-state index in [0.29, 0.717) is 23.8 Å². The fourth-order valence-corrected chi connectivity index (χ4v) is 3.44. The average Bonchev–Trinajstić information content (AvgIpc) is 2.68. The van der Waals surface area contributed by atoms with Crippen molar-refractivity contribution >= 4 is 62.2 Å².